The van der Waals surface area contributed by atoms with Crippen LogP contribution in [0.15, 0.2) is 133 Å². The first kappa shape index (κ1) is 12.4. The molecule has 0 bridgehead atoms. The first-order chi connectivity index (χ1) is 21.5. The van der Waals surface area contributed by atoms with Gasteiger partial charge in [-0.15, -0.1) is 0 Å². The topological polar surface area (TPSA) is 9.23 Å². The third kappa shape index (κ3) is 3.16. The summed E-state index contributed by atoms with van der Waals surface area (Å²) in [5, 5.41) is 2.63. The largest absolute Gasteiger partial charge is 0.484 e. The molecule has 2 atom stereocenters. The fraction of sp³-hybridized carbons (Fsp3) is 0.0588. The van der Waals surface area contributed by atoms with Gasteiger partial charge in [-0.05, 0) is 44.3 Å². The fourth-order valence-corrected chi connectivity index (χ4v) is 5.27. The van der Waals surface area contributed by atoms with E-state index >= 15 is 0 Å². The van der Waals surface area contributed by atoms with Crippen LogP contribution in [-0.4, -0.2) is 0 Å². The normalized spacial score (nSPS) is 20.8. The Morgan fingerprint density at radius 3 is 1.77 bits per heavy atom. The van der Waals surface area contributed by atoms with Gasteiger partial charge >= 0.3 is 0 Å². The van der Waals surface area contributed by atoms with Crippen LogP contribution in [0.2, 0.25) is 0 Å². The van der Waals surface area contributed by atoms with E-state index in [1.165, 1.54) is 0 Å². The van der Waals surface area contributed by atoms with Gasteiger partial charge in [-0.25, -0.2) is 0 Å². The van der Waals surface area contributed by atoms with Gasteiger partial charge in [-0.3, -0.25) is 0 Å². The lowest BCUT2D eigenvalue weighted by Gasteiger charge is -2.25. The monoisotopic (exact) mass is 458 g/mol. The predicted molar refractivity (Wildman–Crippen MR) is 145 cm³/mol. The Balaban J connectivity index is 1.62. The van der Waals surface area contributed by atoms with Crippen LogP contribution in [0.1, 0.15) is 42.4 Å². The molecule has 0 radical (unpaired) electrons. The van der Waals surface area contributed by atoms with Crippen LogP contribution >= 0.6 is 0 Å². The summed E-state index contributed by atoms with van der Waals surface area (Å²) in [4.78, 5) is 0. The van der Waals surface area contributed by atoms with E-state index in [0.717, 1.165) is 0 Å². The van der Waals surface area contributed by atoms with Crippen LogP contribution < -0.4 is 4.74 Å². The third-order valence-electron chi connectivity index (χ3n) is 6.65. The van der Waals surface area contributed by atoms with Crippen molar-refractivity contribution in [1.29, 1.82) is 0 Å². The molecule has 0 N–H and O–H groups in total. The van der Waals surface area contributed by atoms with E-state index in [2.05, 4.69) is 0 Å². The Hall–Kier alpha value is -4.36. The summed E-state index contributed by atoms with van der Waals surface area (Å²) in [6, 6.07) is 18.1. The summed E-state index contributed by atoms with van der Waals surface area (Å²) in [6.07, 6.45) is -0.824. The first-order valence-electron chi connectivity index (χ1n) is 16.4. The van der Waals surface area contributed by atoms with Crippen LogP contribution in [-0.2, 0) is 0 Å². The van der Waals surface area contributed by atoms with Crippen LogP contribution in [0, 0.1) is 0 Å². The molecule has 166 valence electrons. The molecule has 2 unspecified atom stereocenters. The lowest BCUT2D eigenvalue weighted by Crippen LogP contribution is -2.13. The highest BCUT2D eigenvalue weighted by molar-refractivity contribution is 6.15. The molecule has 6 aromatic carbocycles. The Morgan fingerprint density at radius 2 is 1.11 bits per heavy atom. The summed E-state index contributed by atoms with van der Waals surface area (Å²) in [6.45, 7) is 0. The highest BCUT2D eigenvalue weighted by Crippen LogP contribution is 2.53. The van der Waals surface area contributed by atoms with E-state index in [4.69, 9.17) is 18.4 Å². The highest BCUT2D eigenvalue weighted by atomic mass is 16.5. The van der Waals surface area contributed by atoms with Crippen molar-refractivity contribution in [2.24, 2.45) is 0 Å². The van der Waals surface area contributed by atoms with Crippen molar-refractivity contribution in [3.63, 3.8) is 0 Å². The lowest BCUT2D eigenvalue weighted by molar-refractivity contribution is 0.225. The standard InChI is InChI=1S/C34H24O/c1-3-13-23(14-4-1)31-25-17-7-9-19-27(25)33(28-20-10-8-18-26(28)31)34-32(24-15-5-2-6-16-24)29-21-11-12-22-30(29)35-34/h1-22,32,34H/i1D,2D,3D,4D,5D,6D,13D,14D,15D,16D. The second-order valence-corrected chi connectivity index (χ2v) is 8.47. The number of ether oxygens (including phenoxy) is 1. The van der Waals surface area contributed by atoms with Crippen LogP contribution in [0.5, 0.6) is 5.75 Å². The average Bonchev–Trinajstić information content (AvgIpc) is 3.43. The van der Waals surface area contributed by atoms with Crippen LogP contribution in [0.25, 0.3) is 32.7 Å². The van der Waals surface area contributed by atoms with Crippen molar-refractivity contribution in [2.75, 3.05) is 0 Å². The Bertz CT molecular complexity index is 2110. The second kappa shape index (κ2) is 8.14. The zero-order valence-corrected chi connectivity index (χ0v) is 18.5. The van der Waals surface area contributed by atoms with Crippen molar-refractivity contribution in [3.05, 3.63) is 150 Å². The molecular weight excluding hydrogens is 424 g/mol. The molecule has 7 rings (SSSR count). The van der Waals surface area contributed by atoms with Crippen molar-refractivity contribution in [1.82, 2.24) is 0 Å². The van der Waals surface area contributed by atoms with E-state index in [0.29, 0.717) is 44.0 Å². The minimum atomic E-state index is -0.824. The molecule has 1 nitrogen and oxygen atoms in total. The van der Waals surface area contributed by atoms with Crippen molar-refractivity contribution in [2.45, 2.75) is 12.0 Å². The van der Waals surface area contributed by atoms with Gasteiger partial charge in [0.25, 0.3) is 0 Å². The zero-order chi connectivity index (χ0) is 31.9. The maximum atomic E-state index is 8.85. The summed E-state index contributed by atoms with van der Waals surface area (Å²) in [5.74, 6) is -0.240. The van der Waals surface area contributed by atoms with Gasteiger partial charge in [-0.2, -0.15) is 0 Å². The van der Waals surface area contributed by atoms with Crippen LogP contribution in [0.4, 0.5) is 0 Å². The molecule has 1 heterocycles. The van der Waals surface area contributed by atoms with E-state index < -0.39 is 48.3 Å². The Kier molecular flexibility index (Phi) is 2.88. The Morgan fingerprint density at radius 1 is 0.571 bits per heavy atom. The SMILES string of the molecule is [2H]c1c([2H])c([2H])c(-c2c3ccccc3c(C3Oc4ccccc4C3c3c([2H])c([2H])c([2H])c([2H])c3[2H])c3ccccc23)c([2H])c1[2H]. The maximum Gasteiger partial charge on any atom is 0.136 e. The zero-order valence-electron chi connectivity index (χ0n) is 28.5. The van der Waals surface area contributed by atoms with Gasteiger partial charge in [0.2, 0.25) is 0 Å². The van der Waals surface area contributed by atoms with Crippen LogP contribution in [0.3, 0.4) is 0 Å². The summed E-state index contributed by atoms with van der Waals surface area (Å²) >= 11 is 0. The number of hydrogen-bond donors (Lipinski definition) is 0. The predicted octanol–water partition coefficient (Wildman–Crippen LogP) is 8.93. The summed E-state index contributed by atoms with van der Waals surface area (Å²) < 4.78 is 91.8. The van der Waals surface area contributed by atoms with Gasteiger partial charge in [-0.1, -0.05) is 127 Å². The Labute approximate surface area is 219 Å². The molecule has 1 aliphatic rings. The molecular formula is C34H24O. The fourth-order valence-electron chi connectivity index (χ4n) is 5.27. The number of para-hydroxylation sites is 1. The van der Waals surface area contributed by atoms with Crippen molar-refractivity contribution < 1.29 is 18.4 Å². The van der Waals surface area contributed by atoms with Gasteiger partial charge in [0.15, 0.2) is 0 Å². The molecule has 6 aromatic rings. The molecule has 0 aromatic heterocycles. The van der Waals surface area contributed by atoms with Gasteiger partial charge in [0.1, 0.15) is 11.9 Å². The second-order valence-electron chi connectivity index (χ2n) is 8.47. The van der Waals surface area contributed by atoms with E-state index in [1.807, 2.05) is 66.7 Å². The smallest absolute Gasteiger partial charge is 0.136 e. The number of hydrogen-bond acceptors (Lipinski definition) is 1. The average molecular weight is 459 g/mol. The van der Waals surface area contributed by atoms with Gasteiger partial charge in [0.05, 0.1) is 19.6 Å². The minimum Gasteiger partial charge on any atom is -0.484 e. The van der Waals surface area contributed by atoms with E-state index in [-0.39, 0.29) is 35.3 Å². The molecule has 1 aliphatic heterocycles. The van der Waals surface area contributed by atoms with E-state index in [1.54, 1.807) is 6.07 Å². The lowest BCUT2D eigenvalue weighted by atomic mass is 9.80. The van der Waals surface area contributed by atoms with E-state index in [9.17, 15) is 0 Å². The van der Waals surface area contributed by atoms with Crippen molar-refractivity contribution in [3.8, 4) is 16.9 Å². The quantitative estimate of drug-likeness (QED) is 0.241. The highest BCUT2D eigenvalue weighted by Gasteiger charge is 2.38. The molecule has 0 amide bonds. The molecule has 0 fully saturated rings. The summed E-state index contributed by atoms with van der Waals surface area (Å²) in [5.41, 5.74) is 2.07. The molecule has 35 heavy (non-hydrogen) atoms. The number of rotatable bonds is 3. The minimum absolute atomic E-state index is 0.0812. The molecule has 0 spiro atoms. The first-order valence-corrected chi connectivity index (χ1v) is 11.4. The van der Waals surface area contributed by atoms with Gasteiger partial charge in [0, 0.05) is 11.1 Å². The third-order valence-corrected chi connectivity index (χ3v) is 6.65. The molecule has 1 heteroatoms. The molecule has 0 aliphatic carbocycles. The number of benzene rings is 6. The van der Waals surface area contributed by atoms with Crippen molar-refractivity contribution >= 4 is 21.5 Å². The number of fused-ring (bicyclic) bond motifs is 3. The van der Waals surface area contributed by atoms with Gasteiger partial charge < -0.3 is 4.74 Å². The summed E-state index contributed by atoms with van der Waals surface area (Å²) in [7, 11) is 0. The maximum absolute atomic E-state index is 8.85. The molecule has 0 saturated carbocycles. The molecule has 0 saturated heterocycles.